The van der Waals surface area contributed by atoms with Crippen molar-refractivity contribution in [2.45, 2.75) is 6.18 Å². The molecule has 0 bridgehead atoms. The van der Waals surface area contributed by atoms with Crippen molar-refractivity contribution in [1.82, 2.24) is 14.7 Å². The molecular formula is C18H12F3N3O. The minimum absolute atomic E-state index is 0.00293. The van der Waals surface area contributed by atoms with Crippen molar-refractivity contribution in [3.63, 3.8) is 0 Å². The maximum Gasteiger partial charge on any atom is 0.416 e. The number of imidazole rings is 1. The van der Waals surface area contributed by atoms with Gasteiger partial charge >= 0.3 is 6.18 Å². The Morgan fingerprint density at radius 3 is 2.80 bits per heavy atom. The van der Waals surface area contributed by atoms with Crippen molar-refractivity contribution in [2.75, 3.05) is 6.54 Å². The second-order valence-electron chi connectivity index (χ2n) is 5.16. The van der Waals surface area contributed by atoms with Gasteiger partial charge in [0.25, 0.3) is 5.91 Å². The molecule has 126 valence electrons. The van der Waals surface area contributed by atoms with Crippen LogP contribution in [0.3, 0.4) is 0 Å². The summed E-state index contributed by atoms with van der Waals surface area (Å²) in [6, 6.07) is 10.1. The first-order valence-electron chi connectivity index (χ1n) is 7.31. The number of nitrogens with one attached hydrogen (secondary N) is 1. The number of aromatic nitrogens is 2. The number of benzene rings is 1. The summed E-state index contributed by atoms with van der Waals surface area (Å²) in [4.78, 5) is 16.2. The Kier molecular flexibility index (Phi) is 4.44. The highest BCUT2D eigenvalue weighted by Gasteiger charge is 2.30. The SMILES string of the molecule is O=C(NCC#Cc1cccc(C(F)(F)F)c1)c1cn2ccccc2n1. The molecule has 0 spiro atoms. The number of hydrogen-bond acceptors (Lipinski definition) is 2. The van der Waals surface area contributed by atoms with E-state index in [1.807, 2.05) is 12.1 Å². The van der Waals surface area contributed by atoms with E-state index in [2.05, 4.69) is 22.1 Å². The lowest BCUT2D eigenvalue weighted by atomic mass is 10.1. The van der Waals surface area contributed by atoms with Crippen LogP contribution in [0.1, 0.15) is 21.6 Å². The van der Waals surface area contributed by atoms with E-state index in [0.29, 0.717) is 5.65 Å². The zero-order valence-corrected chi connectivity index (χ0v) is 12.8. The predicted molar refractivity (Wildman–Crippen MR) is 85.8 cm³/mol. The number of nitrogens with zero attached hydrogens (tertiary/aromatic N) is 2. The number of rotatable bonds is 2. The van der Waals surface area contributed by atoms with Crippen LogP contribution >= 0.6 is 0 Å². The van der Waals surface area contributed by atoms with Gasteiger partial charge in [0.1, 0.15) is 11.3 Å². The number of carbonyl (C=O) groups excluding carboxylic acids is 1. The number of halogens is 3. The zero-order valence-electron chi connectivity index (χ0n) is 12.8. The molecule has 25 heavy (non-hydrogen) atoms. The molecule has 0 aliphatic carbocycles. The number of amides is 1. The fourth-order valence-corrected chi connectivity index (χ4v) is 2.18. The van der Waals surface area contributed by atoms with Crippen LogP contribution in [0.25, 0.3) is 5.65 Å². The van der Waals surface area contributed by atoms with Gasteiger partial charge in [0.15, 0.2) is 0 Å². The van der Waals surface area contributed by atoms with Gasteiger partial charge in [-0.25, -0.2) is 4.98 Å². The first-order valence-corrected chi connectivity index (χ1v) is 7.31. The molecule has 0 radical (unpaired) electrons. The van der Waals surface area contributed by atoms with Crippen molar-refractivity contribution in [3.05, 3.63) is 71.7 Å². The normalized spacial score (nSPS) is 11.0. The summed E-state index contributed by atoms with van der Waals surface area (Å²) in [5, 5.41) is 2.56. The van der Waals surface area contributed by atoms with Gasteiger partial charge in [0.05, 0.1) is 12.1 Å². The molecule has 0 aliphatic heterocycles. The molecule has 2 heterocycles. The molecule has 1 N–H and O–H groups in total. The minimum atomic E-state index is -4.41. The van der Waals surface area contributed by atoms with E-state index in [1.54, 1.807) is 22.9 Å². The Bertz CT molecular complexity index is 947. The largest absolute Gasteiger partial charge is 0.416 e. The average molecular weight is 343 g/mol. The molecule has 7 heteroatoms. The predicted octanol–water partition coefficient (Wildman–Crippen LogP) is 3.13. The standard InChI is InChI=1S/C18H12F3N3O/c19-18(20,21)14-7-3-5-13(11-14)6-4-9-22-17(25)15-12-24-10-2-1-8-16(24)23-15/h1-3,5,7-8,10-12H,9H2,(H,22,25). The highest BCUT2D eigenvalue weighted by Crippen LogP contribution is 2.29. The van der Waals surface area contributed by atoms with Gasteiger partial charge in [-0.05, 0) is 30.3 Å². The highest BCUT2D eigenvalue weighted by atomic mass is 19.4. The number of fused-ring (bicyclic) bond motifs is 1. The lowest BCUT2D eigenvalue weighted by Crippen LogP contribution is -2.23. The van der Waals surface area contributed by atoms with Crippen LogP contribution in [0.2, 0.25) is 0 Å². The molecule has 1 aromatic carbocycles. The number of pyridine rings is 1. The van der Waals surface area contributed by atoms with Crippen LogP contribution in [0, 0.1) is 11.8 Å². The molecule has 2 aromatic heterocycles. The summed E-state index contributed by atoms with van der Waals surface area (Å²) >= 11 is 0. The summed E-state index contributed by atoms with van der Waals surface area (Å²) in [5.74, 6) is 4.83. The maximum absolute atomic E-state index is 12.6. The highest BCUT2D eigenvalue weighted by molar-refractivity contribution is 5.93. The number of carbonyl (C=O) groups is 1. The quantitative estimate of drug-likeness (QED) is 0.727. The second-order valence-corrected chi connectivity index (χ2v) is 5.16. The van der Waals surface area contributed by atoms with Gasteiger partial charge in [-0.1, -0.05) is 24.0 Å². The van der Waals surface area contributed by atoms with E-state index in [4.69, 9.17) is 0 Å². The molecule has 0 saturated carbocycles. The molecule has 3 rings (SSSR count). The lowest BCUT2D eigenvalue weighted by Gasteiger charge is -2.05. The summed E-state index contributed by atoms with van der Waals surface area (Å²) in [7, 11) is 0. The van der Waals surface area contributed by atoms with E-state index in [0.717, 1.165) is 12.1 Å². The lowest BCUT2D eigenvalue weighted by molar-refractivity contribution is -0.137. The third-order valence-electron chi connectivity index (χ3n) is 3.36. The van der Waals surface area contributed by atoms with Crippen LogP contribution in [-0.4, -0.2) is 21.8 Å². The average Bonchev–Trinajstić information content (AvgIpc) is 3.02. The second kappa shape index (κ2) is 6.69. The molecule has 3 aromatic rings. The van der Waals surface area contributed by atoms with E-state index in [1.165, 1.54) is 12.1 Å². The monoisotopic (exact) mass is 343 g/mol. The summed E-state index contributed by atoms with van der Waals surface area (Å²) in [6.45, 7) is 0.00293. The first kappa shape index (κ1) is 16.6. The van der Waals surface area contributed by atoms with Crippen LogP contribution in [0.4, 0.5) is 13.2 Å². The third kappa shape index (κ3) is 3.98. The Hall–Kier alpha value is -3.27. The van der Waals surface area contributed by atoms with E-state index in [-0.39, 0.29) is 17.8 Å². The fourth-order valence-electron chi connectivity index (χ4n) is 2.18. The van der Waals surface area contributed by atoms with Gasteiger partial charge in [0.2, 0.25) is 0 Å². The van der Waals surface area contributed by atoms with E-state index >= 15 is 0 Å². The van der Waals surface area contributed by atoms with E-state index < -0.39 is 17.6 Å². The fraction of sp³-hybridized carbons (Fsp3) is 0.111. The number of hydrogen-bond donors (Lipinski definition) is 1. The maximum atomic E-state index is 12.6. The van der Waals surface area contributed by atoms with Crippen molar-refractivity contribution < 1.29 is 18.0 Å². The topological polar surface area (TPSA) is 46.4 Å². The molecule has 0 aliphatic rings. The Morgan fingerprint density at radius 1 is 1.20 bits per heavy atom. The smallest absolute Gasteiger partial charge is 0.340 e. The Labute approximate surface area is 141 Å². The van der Waals surface area contributed by atoms with Crippen molar-refractivity contribution in [3.8, 4) is 11.8 Å². The molecule has 0 atom stereocenters. The van der Waals surface area contributed by atoms with Gasteiger partial charge in [-0.15, -0.1) is 0 Å². The first-order chi connectivity index (χ1) is 11.9. The summed E-state index contributed by atoms with van der Waals surface area (Å²) in [6.07, 6.45) is -1.05. The van der Waals surface area contributed by atoms with Gasteiger partial charge in [-0.2, -0.15) is 13.2 Å². The summed E-state index contributed by atoms with van der Waals surface area (Å²) in [5.41, 5.74) is 0.361. The third-order valence-corrected chi connectivity index (χ3v) is 3.36. The van der Waals surface area contributed by atoms with Crippen LogP contribution in [-0.2, 0) is 6.18 Å². The molecule has 0 unspecified atom stereocenters. The van der Waals surface area contributed by atoms with Crippen LogP contribution in [0.5, 0.6) is 0 Å². The zero-order chi connectivity index (χ0) is 17.9. The minimum Gasteiger partial charge on any atom is -0.340 e. The molecular weight excluding hydrogens is 331 g/mol. The number of alkyl halides is 3. The van der Waals surface area contributed by atoms with Gasteiger partial charge in [-0.3, -0.25) is 4.79 Å². The molecule has 1 amide bonds. The molecule has 4 nitrogen and oxygen atoms in total. The van der Waals surface area contributed by atoms with Crippen LogP contribution in [0.15, 0.2) is 54.9 Å². The van der Waals surface area contributed by atoms with Crippen molar-refractivity contribution in [1.29, 1.82) is 0 Å². The van der Waals surface area contributed by atoms with Crippen molar-refractivity contribution in [2.24, 2.45) is 0 Å². The van der Waals surface area contributed by atoms with Crippen molar-refractivity contribution >= 4 is 11.6 Å². The summed E-state index contributed by atoms with van der Waals surface area (Å²) < 4.78 is 39.6. The molecule has 0 saturated heterocycles. The molecule has 0 fully saturated rings. The van der Waals surface area contributed by atoms with Crippen LogP contribution < -0.4 is 5.32 Å². The Balaban J connectivity index is 1.63. The van der Waals surface area contributed by atoms with E-state index in [9.17, 15) is 18.0 Å². The Morgan fingerprint density at radius 2 is 2.04 bits per heavy atom. The van der Waals surface area contributed by atoms with Gasteiger partial charge < -0.3 is 9.72 Å². The van der Waals surface area contributed by atoms with Gasteiger partial charge in [0, 0.05) is 18.0 Å².